The Hall–Kier alpha value is -2.63. The van der Waals surface area contributed by atoms with Gasteiger partial charge in [0, 0.05) is 24.2 Å². The van der Waals surface area contributed by atoms with E-state index in [1.807, 2.05) is 49.4 Å². The van der Waals surface area contributed by atoms with E-state index in [1.54, 1.807) is 12.3 Å². The van der Waals surface area contributed by atoms with Crippen molar-refractivity contribution in [1.82, 2.24) is 15.6 Å². The summed E-state index contributed by atoms with van der Waals surface area (Å²) in [6, 6.07) is 15.4. The SMILES string of the molecule is CCCNCCNC(=O)c1ccccc1-c1ncc(-c2ccc(C)cc2)o1.Cl. The van der Waals surface area contributed by atoms with Crippen LogP contribution in [0.25, 0.3) is 22.8 Å². The maximum atomic E-state index is 12.6. The first-order chi connectivity index (χ1) is 13.2. The number of nitrogens with one attached hydrogen (secondary N) is 2. The highest BCUT2D eigenvalue weighted by Gasteiger charge is 2.16. The van der Waals surface area contributed by atoms with Crippen LogP contribution >= 0.6 is 12.4 Å². The van der Waals surface area contributed by atoms with E-state index < -0.39 is 0 Å². The second-order valence-electron chi connectivity index (χ2n) is 6.45. The topological polar surface area (TPSA) is 67.2 Å². The number of aryl methyl sites for hydroxylation is 1. The first-order valence-electron chi connectivity index (χ1n) is 9.30. The summed E-state index contributed by atoms with van der Waals surface area (Å²) < 4.78 is 5.94. The van der Waals surface area contributed by atoms with E-state index >= 15 is 0 Å². The molecule has 0 spiro atoms. The number of carbonyl (C=O) groups excluding carboxylic acids is 1. The first-order valence-corrected chi connectivity index (χ1v) is 9.30. The van der Waals surface area contributed by atoms with Gasteiger partial charge in [-0.1, -0.05) is 48.9 Å². The molecule has 0 fully saturated rings. The lowest BCUT2D eigenvalue weighted by Gasteiger charge is -2.08. The Balaban J connectivity index is 0.00000280. The lowest BCUT2D eigenvalue weighted by molar-refractivity contribution is 0.0954. The number of nitrogens with zero attached hydrogens (tertiary/aromatic N) is 1. The zero-order valence-corrected chi connectivity index (χ0v) is 17.0. The zero-order chi connectivity index (χ0) is 19.1. The van der Waals surface area contributed by atoms with Crippen molar-refractivity contribution >= 4 is 18.3 Å². The molecular formula is C22H26ClN3O2. The van der Waals surface area contributed by atoms with Crippen molar-refractivity contribution in [2.45, 2.75) is 20.3 Å². The number of hydrogen-bond donors (Lipinski definition) is 2. The van der Waals surface area contributed by atoms with E-state index in [9.17, 15) is 4.79 Å². The standard InChI is InChI=1S/C22H25N3O2.ClH/c1-3-12-23-13-14-24-21(26)18-6-4-5-7-19(18)22-25-15-20(27-22)17-10-8-16(2)9-11-17;/h4-11,15,23H,3,12-14H2,1-2H3,(H,24,26);1H. The number of aromatic nitrogens is 1. The normalized spacial score (nSPS) is 10.4. The Morgan fingerprint density at radius 3 is 2.54 bits per heavy atom. The van der Waals surface area contributed by atoms with Gasteiger partial charge >= 0.3 is 0 Å². The number of rotatable bonds is 8. The van der Waals surface area contributed by atoms with Crippen molar-refractivity contribution < 1.29 is 9.21 Å². The van der Waals surface area contributed by atoms with Crippen molar-refractivity contribution in [1.29, 1.82) is 0 Å². The largest absolute Gasteiger partial charge is 0.436 e. The summed E-state index contributed by atoms with van der Waals surface area (Å²) in [4.78, 5) is 17.0. The number of amides is 1. The molecule has 0 saturated heterocycles. The van der Waals surface area contributed by atoms with Gasteiger partial charge in [-0.25, -0.2) is 4.98 Å². The molecular weight excluding hydrogens is 374 g/mol. The minimum atomic E-state index is -0.126. The molecule has 1 amide bonds. The summed E-state index contributed by atoms with van der Waals surface area (Å²) in [7, 11) is 0. The third-order valence-electron chi connectivity index (χ3n) is 4.26. The van der Waals surface area contributed by atoms with E-state index in [-0.39, 0.29) is 18.3 Å². The number of benzene rings is 2. The molecule has 0 aliphatic heterocycles. The Kier molecular flexibility index (Phi) is 8.23. The smallest absolute Gasteiger partial charge is 0.252 e. The fourth-order valence-electron chi connectivity index (χ4n) is 2.78. The Bertz CT molecular complexity index is 891. The van der Waals surface area contributed by atoms with Crippen molar-refractivity contribution in [3.8, 4) is 22.8 Å². The van der Waals surface area contributed by atoms with Crippen LogP contribution in [0.3, 0.4) is 0 Å². The third kappa shape index (κ3) is 5.44. The monoisotopic (exact) mass is 399 g/mol. The van der Waals surface area contributed by atoms with Gasteiger partial charge < -0.3 is 15.1 Å². The number of carbonyl (C=O) groups is 1. The van der Waals surface area contributed by atoms with Crippen LogP contribution in [0.4, 0.5) is 0 Å². The molecule has 2 aromatic carbocycles. The predicted molar refractivity (Wildman–Crippen MR) is 115 cm³/mol. The molecule has 1 aromatic heterocycles. The van der Waals surface area contributed by atoms with Crippen LogP contribution in [0.1, 0.15) is 29.3 Å². The fraction of sp³-hybridized carbons (Fsp3) is 0.273. The Labute approximate surface area is 172 Å². The Morgan fingerprint density at radius 1 is 1.04 bits per heavy atom. The summed E-state index contributed by atoms with van der Waals surface area (Å²) in [6.07, 6.45) is 2.77. The lowest BCUT2D eigenvalue weighted by Crippen LogP contribution is -2.32. The van der Waals surface area contributed by atoms with Crippen LogP contribution in [0.2, 0.25) is 0 Å². The number of halogens is 1. The summed E-state index contributed by atoms with van der Waals surface area (Å²) in [6.45, 7) is 6.43. The molecule has 0 aliphatic rings. The molecule has 6 heteroatoms. The quantitative estimate of drug-likeness (QED) is 0.548. The highest BCUT2D eigenvalue weighted by atomic mass is 35.5. The average molecular weight is 400 g/mol. The molecule has 5 nitrogen and oxygen atoms in total. The van der Waals surface area contributed by atoms with E-state index in [0.717, 1.165) is 25.1 Å². The summed E-state index contributed by atoms with van der Waals surface area (Å²) >= 11 is 0. The van der Waals surface area contributed by atoms with Crippen molar-refractivity contribution in [2.75, 3.05) is 19.6 Å². The molecule has 0 saturated carbocycles. The lowest BCUT2D eigenvalue weighted by atomic mass is 10.1. The molecule has 1 heterocycles. The second kappa shape index (κ2) is 10.6. The van der Waals surface area contributed by atoms with Gasteiger partial charge in [-0.05, 0) is 32.0 Å². The van der Waals surface area contributed by atoms with Gasteiger partial charge in [0.15, 0.2) is 5.76 Å². The molecule has 3 aromatic rings. The van der Waals surface area contributed by atoms with Gasteiger partial charge in [0.2, 0.25) is 5.89 Å². The van der Waals surface area contributed by atoms with Crippen molar-refractivity contribution in [3.05, 3.63) is 65.9 Å². The van der Waals surface area contributed by atoms with E-state index in [0.29, 0.717) is 29.3 Å². The van der Waals surface area contributed by atoms with Gasteiger partial charge in [0.1, 0.15) is 0 Å². The molecule has 28 heavy (non-hydrogen) atoms. The highest BCUT2D eigenvalue weighted by Crippen LogP contribution is 2.28. The molecule has 0 bridgehead atoms. The number of hydrogen-bond acceptors (Lipinski definition) is 4. The maximum absolute atomic E-state index is 12.6. The predicted octanol–water partition coefficient (Wildman–Crippen LogP) is 4.47. The molecule has 0 radical (unpaired) electrons. The van der Waals surface area contributed by atoms with Crippen LogP contribution in [0.15, 0.2) is 59.1 Å². The van der Waals surface area contributed by atoms with Gasteiger partial charge in [-0.3, -0.25) is 4.79 Å². The number of oxazole rings is 1. The van der Waals surface area contributed by atoms with Crippen LogP contribution < -0.4 is 10.6 Å². The van der Waals surface area contributed by atoms with Gasteiger partial charge in [-0.2, -0.15) is 0 Å². The van der Waals surface area contributed by atoms with Gasteiger partial charge in [-0.15, -0.1) is 12.4 Å². The molecule has 148 valence electrons. The van der Waals surface area contributed by atoms with Crippen LogP contribution in [-0.2, 0) is 0 Å². The van der Waals surface area contributed by atoms with E-state index in [1.165, 1.54) is 5.56 Å². The first kappa shape index (κ1) is 21.7. The molecule has 3 rings (SSSR count). The maximum Gasteiger partial charge on any atom is 0.252 e. The van der Waals surface area contributed by atoms with Crippen LogP contribution in [0, 0.1) is 6.92 Å². The summed E-state index contributed by atoms with van der Waals surface area (Å²) in [5.74, 6) is 1.00. The Morgan fingerprint density at radius 2 is 1.79 bits per heavy atom. The summed E-state index contributed by atoms with van der Waals surface area (Å²) in [5, 5.41) is 6.21. The molecule has 2 N–H and O–H groups in total. The fourth-order valence-corrected chi connectivity index (χ4v) is 2.78. The molecule has 0 aliphatic carbocycles. The minimum Gasteiger partial charge on any atom is -0.436 e. The molecule has 0 atom stereocenters. The minimum absolute atomic E-state index is 0. The van der Waals surface area contributed by atoms with Gasteiger partial charge in [0.05, 0.1) is 11.8 Å². The zero-order valence-electron chi connectivity index (χ0n) is 16.2. The molecule has 0 unspecified atom stereocenters. The second-order valence-corrected chi connectivity index (χ2v) is 6.45. The van der Waals surface area contributed by atoms with Crippen LogP contribution in [-0.4, -0.2) is 30.5 Å². The van der Waals surface area contributed by atoms with E-state index in [4.69, 9.17) is 4.42 Å². The van der Waals surface area contributed by atoms with E-state index in [2.05, 4.69) is 22.5 Å². The average Bonchev–Trinajstić information content (AvgIpc) is 3.18. The van der Waals surface area contributed by atoms with Crippen molar-refractivity contribution in [2.24, 2.45) is 0 Å². The van der Waals surface area contributed by atoms with Gasteiger partial charge in [0.25, 0.3) is 5.91 Å². The third-order valence-corrected chi connectivity index (χ3v) is 4.26. The van der Waals surface area contributed by atoms with Crippen LogP contribution in [0.5, 0.6) is 0 Å². The van der Waals surface area contributed by atoms with Crippen molar-refractivity contribution in [3.63, 3.8) is 0 Å². The highest BCUT2D eigenvalue weighted by molar-refractivity contribution is 6.00. The summed E-state index contributed by atoms with van der Waals surface area (Å²) in [5.41, 5.74) is 3.40.